The standard InChI is InChI=1S/C46H65NO5/c1-30(2)17-13-18-31(3)19-14-20-32(4)21-16-27-46(10)28-26-38-37(9)43(35(7)36(8)44(38)52-46)51-42(48)29-50-45(49)39-23-11-12-24-41(39)47-40-25-15-22-33(5)34(40)6/h11-12,15,22-25,30-32,47H,13-14,16-21,26-29H2,1-10H3/t31-,32-,46-/m1/s1. The number of aryl methyl sites for hydroxylation is 1. The van der Waals surface area contributed by atoms with Gasteiger partial charge in [0.25, 0.3) is 0 Å². The molecule has 0 aliphatic carbocycles. The molecule has 0 saturated carbocycles. The lowest BCUT2D eigenvalue weighted by atomic mass is 9.83. The van der Waals surface area contributed by atoms with E-state index >= 15 is 0 Å². The molecule has 3 atom stereocenters. The summed E-state index contributed by atoms with van der Waals surface area (Å²) in [6, 6.07) is 13.1. The Balaban J connectivity index is 1.29. The van der Waals surface area contributed by atoms with E-state index in [0.29, 0.717) is 17.0 Å². The van der Waals surface area contributed by atoms with Crippen LogP contribution in [-0.4, -0.2) is 24.1 Å². The average molecular weight is 712 g/mol. The summed E-state index contributed by atoms with van der Waals surface area (Å²) in [7, 11) is 0. The molecular formula is C46H65NO5. The quantitative estimate of drug-likeness (QED) is 0.105. The van der Waals surface area contributed by atoms with Crippen molar-refractivity contribution in [2.24, 2.45) is 17.8 Å². The summed E-state index contributed by atoms with van der Waals surface area (Å²) >= 11 is 0. The van der Waals surface area contributed by atoms with E-state index in [-0.39, 0.29) is 5.60 Å². The molecule has 0 spiro atoms. The number of carbonyl (C=O) groups excluding carboxylic acids is 2. The topological polar surface area (TPSA) is 73.9 Å². The SMILES string of the molecule is Cc1cccc(Nc2ccccc2C(=O)OCC(=O)Oc2c(C)c(C)c3c(c2C)CC[C@@](C)(CCC[C@H](C)CCC[C@H](C)CCCC(C)C)O3)c1C. The van der Waals surface area contributed by atoms with Gasteiger partial charge in [0.2, 0.25) is 0 Å². The number of ether oxygens (including phenoxy) is 3. The Bertz CT molecular complexity index is 1680. The second kappa shape index (κ2) is 18.8. The number of anilines is 2. The largest absolute Gasteiger partial charge is 0.487 e. The molecule has 3 aromatic rings. The Morgan fingerprint density at radius 2 is 1.40 bits per heavy atom. The van der Waals surface area contributed by atoms with Crippen LogP contribution in [0.25, 0.3) is 0 Å². The zero-order chi connectivity index (χ0) is 38.0. The van der Waals surface area contributed by atoms with E-state index in [1.165, 1.54) is 44.9 Å². The van der Waals surface area contributed by atoms with Crippen LogP contribution in [0.1, 0.15) is 143 Å². The predicted octanol–water partition coefficient (Wildman–Crippen LogP) is 12.3. The van der Waals surface area contributed by atoms with E-state index < -0.39 is 18.5 Å². The van der Waals surface area contributed by atoms with E-state index in [1.807, 2.05) is 65.0 Å². The number of esters is 2. The van der Waals surface area contributed by atoms with E-state index in [2.05, 4.69) is 39.9 Å². The molecule has 3 aromatic carbocycles. The first-order valence-electron chi connectivity index (χ1n) is 19.8. The molecule has 6 nitrogen and oxygen atoms in total. The molecule has 1 N–H and O–H groups in total. The van der Waals surface area contributed by atoms with Crippen molar-refractivity contribution in [1.29, 1.82) is 0 Å². The van der Waals surface area contributed by atoms with Gasteiger partial charge in [-0.15, -0.1) is 0 Å². The lowest BCUT2D eigenvalue weighted by Gasteiger charge is -2.38. The smallest absolute Gasteiger partial charge is 0.349 e. The number of rotatable bonds is 18. The lowest BCUT2D eigenvalue weighted by molar-refractivity contribution is -0.137. The van der Waals surface area contributed by atoms with E-state index in [9.17, 15) is 9.59 Å². The zero-order valence-electron chi connectivity index (χ0n) is 33.8. The van der Waals surface area contributed by atoms with Crippen molar-refractivity contribution in [1.82, 2.24) is 0 Å². The zero-order valence-corrected chi connectivity index (χ0v) is 33.8. The van der Waals surface area contributed by atoms with Crippen molar-refractivity contribution in [3.05, 3.63) is 81.4 Å². The summed E-state index contributed by atoms with van der Waals surface area (Å²) in [5.41, 5.74) is 7.78. The maximum absolute atomic E-state index is 13.2. The van der Waals surface area contributed by atoms with Crippen molar-refractivity contribution in [2.75, 3.05) is 11.9 Å². The number of para-hydroxylation sites is 1. The monoisotopic (exact) mass is 711 g/mol. The number of carbonyl (C=O) groups is 2. The highest BCUT2D eigenvalue weighted by molar-refractivity contribution is 5.97. The number of hydrogen-bond acceptors (Lipinski definition) is 6. The minimum Gasteiger partial charge on any atom is -0.487 e. The Hall–Kier alpha value is -3.80. The fraction of sp³-hybridized carbons (Fsp3) is 0.565. The van der Waals surface area contributed by atoms with Crippen molar-refractivity contribution in [2.45, 2.75) is 145 Å². The Morgan fingerprint density at radius 3 is 2.10 bits per heavy atom. The van der Waals surface area contributed by atoms with Crippen LogP contribution in [0.15, 0.2) is 42.5 Å². The van der Waals surface area contributed by atoms with Gasteiger partial charge >= 0.3 is 11.9 Å². The number of benzene rings is 3. The first-order valence-corrected chi connectivity index (χ1v) is 19.8. The molecule has 0 radical (unpaired) electrons. The second-order valence-corrected chi connectivity index (χ2v) is 16.4. The minimum absolute atomic E-state index is 0.211. The van der Waals surface area contributed by atoms with Crippen LogP contribution in [0.5, 0.6) is 11.5 Å². The molecule has 52 heavy (non-hydrogen) atoms. The highest BCUT2D eigenvalue weighted by atomic mass is 16.6. The Kier molecular flexibility index (Phi) is 14.8. The van der Waals surface area contributed by atoms with Crippen LogP contribution in [0, 0.1) is 52.4 Å². The van der Waals surface area contributed by atoms with Crippen LogP contribution in [0.4, 0.5) is 11.4 Å². The molecule has 1 heterocycles. The number of fused-ring (bicyclic) bond motifs is 1. The van der Waals surface area contributed by atoms with Crippen molar-refractivity contribution >= 4 is 23.3 Å². The van der Waals surface area contributed by atoms with E-state index in [1.54, 1.807) is 12.1 Å². The number of hydrogen-bond donors (Lipinski definition) is 1. The third kappa shape index (κ3) is 11.1. The average Bonchev–Trinajstić information content (AvgIpc) is 3.10. The predicted molar refractivity (Wildman–Crippen MR) is 214 cm³/mol. The van der Waals surface area contributed by atoms with Crippen molar-refractivity contribution < 1.29 is 23.8 Å². The summed E-state index contributed by atoms with van der Waals surface area (Å²) in [6.07, 6.45) is 13.3. The number of nitrogens with one attached hydrogen (secondary N) is 1. The highest BCUT2D eigenvalue weighted by Gasteiger charge is 2.35. The fourth-order valence-corrected chi connectivity index (χ4v) is 7.56. The molecule has 4 rings (SSSR count). The maximum atomic E-state index is 13.2. The van der Waals surface area contributed by atoms with Gasteiger partial charge in [0.1, 0.15) is 17.1 Å². The van der Waals surface area contributed by atoms with Crippen LogP contribution in [-0.2, 0) is 16.0 Å². The first kappa shape index (κ1) is 41.0. The molecule has 0 unspecified atom stereocenters. The van der Waals surface area contributed by atoms with Gasteiger partial charge in [0, 0.05) is 11.3 Å². The molecule has 0 aromatic heterocycles. The Morgan fingerprint density at radius 1 is 0.769 bits per heavy atom. The normalized spacial score (nSPS) is 16.5. The van der Waals surface area contributed by atoms with Crippen molar-refractivity contribution in [3.8, 4) is 11.5 Å². The molecular weight excluding hydrogens is 647 g/mol. The molecule has 284 valence electrons. The fourth-order valence-electron chi connectivity index (χ4n) is 7.56. The third-order valence-corrected chi connectivity index (χ3v) is 11.4. The Labute approximate surface area is 314 Å². The van der Waals surface area contributed by atoms with E-state index in [4.69, 9.17) is 14.2 Å². The second-order valence-electron chi connectivity index (χ2n) is 16.4. The highest BCUT2D eigenvalue weighted by Crippen LogP contribution is 2.45. The summed E-state index contributed by atoms with van der Waals surface area (Å²) in [6.45, 7) is 21.3. The van der Waals surface area contributed by atoms with Crippen LogP contribution in [0.2, 0.25) is 0 Å². The van der Waals surface area contributed by atoms with Gasteiger partial charge in [0.05, 0.1) is 11.3 Å². The third-order valence-electron chi connectivity index (χ3n) is 11.4. The summed E-state index contributed by atoms with van der Waals surface area (Å²) in [4.78, 5) is 26.2. The van der Waals surface area contributed by atoms with Gasteiger partial charge < -0.3 is 19.5 Å². The van der Waals surface area contributed by atoms with E-state index in [0.717, 1.165) is 88.3 Å². The first-order chi connectivity index (χ1) is 24.7. The molecule has 0 bridgehead atoms. The van der Waals surface area contributed by atoms with Gasteiger partial charge in [-0.1, -0.05) is 96.9 Å². The summed E-state index contributed by atoms with van der Waals surface area (Å²) in [5, 5.41) is 3.35. The van der Waals surface area contributed by atoms with Crippen molar-refractivity contribution in [3.63, 3.8) is 0 Å². The van der Waals surface area contributed by atoms with Gasteiger partial charge in [-0.2, -0.15) is 0 Å². The minimum atomic E-state index is -0.616. The van der Waals surface area contributed by atoms with Gasteiger partial charge in [0.15, 0.2) is 6.61 Å². The molecule has 0 fully saturated rings. The van der Waals surface area contributed by atoms with Crippen LogP contribution in [0.3, 0.4) is 0 Å². The van der Waals surface area contributed by atoms with Crippen LogP contribution >= 0.6 is 0 Å². The molecule has 0 saturated heterocycles. The molecule has 6 heteroatoms. The lowest BCUT2D eigenvalue weighted by Crippen LogP contribution is -2.37. The molecule has 1 aliphatic rings. The summed E-state index contributed by atoms with van der Waals surface area (Å²) in [5.74, 6) is 2.64. The maximum Gasteiger partial charge on any atom is 0.349 e. The molecule has 0 amide bonds. The van der Waals surface area contributed by atoms with Crippen LogP contribution < -0.4 is 14.8 Å². The summed E-state index contributed by atoms with van der Waals surface area (Å²) < 4.78 is 18.2. The van der Waals surface area contributed by atoms with Gasteiger partial charge in [-0.3, -0.25) is 0 Å². The van der Waals surface area contributed by atoms with Gasteiger partial charge in [-0.05, 0) is 131 Å². The van der Waals surface area contributed by atoms with Gasteiger partial charge in [-0.25, -0.2) is 9.59 Å². The molecule has 1 aliphatic heterocycles.